The number of nitrogens with one attached hydrogen (secondary N) is 2. The Labute approximate surface area is 175 Å². The van der Waals surface area contributed by atoms with Crippen LogP contribution in [0.15, 0.2) is 76.7 Å². The number of carbonyl (C=O) groups is 1. The van der Waals surface area contributed by atoms with Crippen molar-refractivity contribution in [2.45, 2.75) is 23.6 Å². The Morgan fingerprint density at radius 2 is 1.30 bits per heavy atom. The highest BCUT2D eigenvalue weighted by molar-refractivity contribution is 7.93. The van der Waals surface area contributed by atoms with Crippen LogP contribution in [-0.4, -0.2) is 27.6 Å². The summed E-state index contributed by atoms with van der Waals surface area (Å²) in [5, 5.41) is 0. The number of hydrogen-bond donors (Lipinski definition) is 2. The van der Waals surface area contributed by atoms with Gasteiger partial charge < -0.3 is 0 Å². The number of rotatable bonds is 7. The summed E-state index contributed by atoms with van der Waals surface area (Å²) >= 11 is 0. The SMILES string of the molecule is CC(=O)c1ccc(S(=O)(=O)Nc2ccc(NS(=O)(=O)c3ccc(C)cc3)nc2)cc1. The molecule has 0 saturated heterocycles. The van der Waals surface area contributed by atoms with Crippen molar-refractivity contribution in [1.29, 1.82) is 0 Å². The Hall–Kier alpha value is -3.24. The van der Waals surface area contributed by atoms with E-state index < -0.39 is 20.0 Å². The summed E-state index contributed by atoms with van der Waals surface area (Å²) in [6, 6.07) is 14.6. The topological polar surface area (TPSA) is 122 Å². The molecular weight excluding hydrogens is 426 g/mol. The molecule has 30 heavy (non-hydrogen) atoms. The number of sulfonamides is 2. The maximum absolute atomic E-state index is 12.5. The lowest BCUT2D eigenvalue weighted by Gasteiger charge is -2.10. The van der Waals surface area contributed by atoms with Crippen LogP contribution in [0.1, 0.15) is 22.8 Å². The molecule has 2 N–H and O–H groups in total. The Bertz CT molecular complexity index is 1270. The summed E-state index contributed by atoms with van der Waals surface area (Å²) < 4.78 is 54.5. The minimum absolute atomic E-state index is 0.0170. The van der Waals surface area contributed by atoms with E-state index in [1.54, 1.807) is 12.1 Å². The van der Waals surface area contributed by atoms with Crippen molar-refractivity contribution in [1.82, 2.24) is 4.98 Å². The van der Waals surface area contributed by atoms with Crippen LogP contribution in [-0.2, 0) is 20.0 Å². The van der Waals surface area contributed by atoms with E-state index in [-0.39, 0.29) is 27.1 Å². The molecule has 10 heteroatoms. The van der Waals surface area contributed by atoms with Crippen molar-refractivity contribution in [2.24, 2.45) is 0 Å². The van der Waals surface area contributed by atoms with Gasteiger partial charge in [-0.25, -0.2) is 21.8 Å². The summed E-state index contributed by atoms with van der Waals surface area (Å²) in [5.41, 5.74) is 1.49. The van der Waals surface area contributed by atoms with Gasteiger partial charge in [0.1, 0.15) is 5.82 Å². The third kappa shape index (κ3) is 5.02. The van der Waals surface area contributed by atoms with Crippen molar-refractivity contribution in [3.8, 4) is 0 Å². The minimum Gasteiger partial charge on any atom is -0.295 e. The largest absolute Gasteiger partial charge is 0.295 e. The molecule has 0 saturated carbocycles. The number of hydrogen-bond acceptors (Lipinski definition) is 6. The summed E-state index contributed by atoms with van der Waals surface area (Å²) in [4.78, 5) is 15.3. The lowest BCUT2D eigenvalue weighted by molar-refractivity contribution is 0.101. The molecule has 1 heterocycles. The van der Waals surface area contributed by atoms with Crippen molar-refractivity contribution < 1.29 is 21.6 Å². The fourth-order valence-electron chi connectivity index (χ4n) is 2.51. The van der Waals surface area contributed by atoms with E-state index in [9.17, 15) is 21.6 Å². The molecule has 0 bridgehead atoms. The van der Waals surface area contributed by atoms with E-state index in [1.165, 1.54) is 61.7 Å². The maximum Gasteiger partial charge on any atom is 0.263 e. The number of ketones is 1. The molecule has 2 aromatic carbocycles. The molecule has 0 spiro atoms. The summed E-state index contributed by atoms with van der Waals surface area (Å²) in [6.45, 7) is 3.24. The van der Waals surface area contributed by atoms with Gasteiger partial charge in [0.25, 0.3) is 20.0 Å². The van der Waals surface area contributed by atoms with Crippen molar-refractivity contribution >= 4 is 37.3 Å². The Balaban J connectivity index is 1.73. The smallest absolute Gasteiger partial charge is 0.263 e. The molecule has 0 radical (unpaired) electrons. The van der Waals surface area contributed by atoms with Crippen molar-refractivity contribution in [3.63, 3.8) is 0 Å². The Morgan fingerprint density at radius 1 is 0.767 bits per heavy atom. The molecular formula is C20H19N3O5S2. The van der Waals surface area contributed by atoms with Gasteiger partial charge in [-0.1, -0.05) is 29.8 Å². The zero-order valence-electron chi connectivity index (χ0n) is 16.2. The van der Waals surface area contributed by atoms with E-state index in [0.717, 1.165) is 5.56 Å². The summed E-state index contributed by atoms with van der Waals surface area (Å²) in [7, 11) is -7.70. The molecule has 8 nitrogen and oxygen atoms in total. The molecule has 3 rings (SSSR count). The highest BCUT2D eigenvalue weighted by Gasteiger charge is 2.17. The lowest BCUT2D eigenvalue weighted by Crippen LogP contribution is -2.15. The van der Waals surface area contributed by atoms with Gasteiger partial charge >= 0.3 is 0 Å². The highest BCUT2D eigenvalue weighted by Crippen LogP contribution is 2.19. The predicted octanol–water partition coefficient (Wildman–Crippen LogP) is 3.19. The van der Waals surface area contributed by atoms with Crippen LogP contribution < -0.4 is 9.44 Å². The van der Waals surface area contributed by atoms with E-state index >= 15 is 0 Å². The first-order valence-electron chi connectivity index (χ1n) is 8.76. The number of anilines is 2. The minimum atomic E-state index is -3.89. The second-order valence-corrected chi connectivity index (χ2v) is 9.90. The molecule has 0 aliphatic heterocycles. The zero-order chi connectivity index (χ0) is 21.9. The van der Waals surface area contributed by atoms with Gasteiger partial charge in [0.15, 0.2) is 5.78 Å². The average Bonchev–Trinajstić information content (AvgIpc) is 2.69. The van der Waals surface area contributed by atoms with E-state index in [4.69, 9.17) is 0 Å². The van der Waals surface area contributed by atoms with Gasteiger partial charge in [0.05, 0.1) is 21.7 Å². The van der Waals surface area contributed by atoms with Crippen LogP contribution in [0, 0.1) is 6.92 Å². The van der Waals surface area contributed by atoms with Crippen molar-refractivity contribution in [2.75, 3.05) is 9.44 Å². The van der Waals surface area contributed by atoms with Gasteiger partial charge in [0, 0.05) is 5.56 Å². The quantitative estimate of drug-likeness (QED) is 0.539. The van der Waals surface area contributed by atoms with E-state index in [2.05, 4.69) is 14.4 Å². The molecule has 0 aliphatic rings. The third-order valence-corrected chi connectivity index (χ3v) is 6.92. The van der Waals surface area contributed by atoms with Crippen LogP contribution in [0.3, 0.4) is 0 Å². The fourth-order valence-corrected chi connectivity index (χ4v) is 4.56. The first kappa shape index (κ1) is 21.5. The highest BCUT2D eigenvalue weighted by atomic mass is 32.2. The van der Waals surface area contributed by atoms with E-state index in [1.807, 2.05) is 6.92 Å². The average molecular weight is 446 g/mol. The van der Waals surface area contributed by atoms with Gasteiger partial charge in [0.2, 0.25) is 0 Å². The van der Waals surface area contributed by atoms with Gasteiger partial charge in [-0.15, -0.1) is 0 Å². The molecule has 156 valence electrons. The number of nitrogens with zero attached hydrogens (tertiary/aromatic N) is 1. The fraction of sp³-hybridized carbons (Fsp3) is 0.100. The standard InChI is InChI=1S/C20H19N3O5S2/c1-14-3-8-18(9-4-14)30(27,28)23-20-12-7-17(13-21-20)22-29(25,26)19-10-5-16(6-11-19)15(2)24/h3-13,22H,1-2H3,(H,21,23). The molecule has 0 fully saturated rings. The molecule has 0 unspecified atom stereocenters. The molecule has 1 aromatic heterocycles. The predicted molar refractivity (Wildman–Crippen MR) is 113 cm³/mol. The second-order valence-electron chi connectivity index (χ2n) is 6.54. The number of carbonyl (C=O) groups excluding carboxylic acids is 1. The summed E-state index contributed by atoms with van der Waals surface area (Å²) in [6.07, 6.45) is 1.20. The first-order chi connectivity index (χ1) is 14.1. The molecule has 0 atom stereocenters. The Kier molecular flexibility index (Phi) is 5.90. The number of aryl methyl sites for hydroxylation is 1. The van der Waals surface area contributed by atoms with Crippen LogP contribution in [0.4, 0.5) is 11.5 Å². The van der Waals surface area contributed by atoms with Gasteiger partial charge in [-0.2, -0.15) is 0 Å². The summed E-state index contributed by atoms with van der Waals surface area (Å²) in [5.74, 6) is -0.121. The van der Waals surface area contributed by atoms with Gasteiger partial charge in [-0.05, 0) is 50.2 Å². The monoisotopic (exact) mass is 445 g/mol. The first-order valence-corrected chi connectivity index (χ1v) is 11.7. The molecule has 3 aromatic rings. The van der Waals surface area contributed by atoms with Crippen LogP contribution in [0.5, 0.6) is 0 Å². The van der Waals surface area contributed by atoms with Crippen LogP contribution in [0.2, 0.25) is 0 Å². The number of aromatic nitrogens is 1. The second kappa shape index (κ2) is 8.25. The van der Waals surface area contributed by atoms with Crippen LogP contribution >= 0.6 is 0 Å². The number of pyridine rings is 1. The molecule has 0 amide bonds. The third-order valence-electron chi connectivity index (χ3n) is 4.16. The van der Waals surface area contributed by atoms with E-state index in [0.29, 0.717) is 5.56 Å². The maximum atomic E-state index is 12.5. The Morgan fingerprint density at radius 3 is 1.80 bits per heavy atom. The van der Waals surface area contributed by atoms with Crippen LogP contribution in [0.25, 0.3) is 0 Å². The number of Topliss-reactive ketones (excluding diaryl/α,β-unsaturated/α-hetero) is 1. The lowest BCUT2D eigenvalue weighted by atomic mass is 10.2. The van der Waals surface area contributed by atoms with Gasteiger partial charge in [-0.3, -0.25) is 14.2 Å². The normalized spacial score (nSPS) is 11.7. The molecule has 0 aliphatic carbocycles. The number of benzene rings is 2. The zero-order valence-corrected chi connectivity index (χ0v) is 17.8. The van der Waals surface area contributed by atoms with Crippen molar-refractivity contribution in [3.05, 3.63) is 78.0 Å².